The van der Waals surface area contributed by atoms with Gasteiger partial charge in [-0.1, -0.05) is 12.1 Å². The number of rotatable bonds is 2. The molecule has 2 aromatic carbocycles. The summed E-state index contributed by atoms with van der Waals surface area (Å²) in [5.74, 6) is 0. The van der Waals surface area contributed by atoms with Crippen LogP contribution in [0.4, 0.5) is 0 Å². The Morgan fingerprint density at radius 3 is 2.47 bits per heavy atom. The van der Waals surface area contributed by atoms with Gasteiger partial charge in [0, 0.05) is 40.5 Å². The molecule has 0 atom stereocenters. The molecule has 0 N–H and O–H groups in total. The molecule has 0 saturated carbocycles. The molecule has 140 valence electrons. The SMILES string of the molecule is c1cnc2ncc(-c3ccc4ncc(-c5ccc6ncncc6c5)nc4c3)cc2c1. The Kier molecular flexibility index (Phi) is 3.67. The van der Waals surface area contributed by atoms with Crippen molar-refractivity contribution in [2.24, 2.45) is 0 Å². The highest BCUT2D eigenvalue weighted by molar-refractivity contribution is 5.87. The van der Waals surface area contributed by atoms with Gasteiger partial charge in [0.15, 0.2) is 5.65 Å². The van der Waals surface area contributed by atoms with Crippen molar-refractivity contribution in [2.45, 2.75) is 0 Å². The molecule has 0 saturated heterocycles. The number of nitrogens with zero attached hydrogens (tertiary/aromatic N) is 6. The molecule has 6 heteroatoms. The first-order valence-electron chi connectivity index (χ1n) is 9.52. The molecule has 0 aliphatic heterocycles. The third-order valence-electron chi connectivity index (χ3n) is 5.13. The second-order valence-corrected chi connectivity index (χ2v) is 7.03. The maximum atomic E-state index is 4.86. The number of pyridine rings is 2. The van der Waals surface area contributed by atoms with E-state index in [4.69, 9.17) is 4.98 Å². The van der Waals surface area contributed by atoms with E-state index in [-0.39, 0.29) is 0 Å². The summed E-state index contributed by atoms with van der Waals surface area (Å²) in [4.78, 5) is 26.6. The Morgan fingerprint density at radius 2 is 1.47 bits per heavy atom. The maximum Gasteiger partial charge on any atom is 0.159 e. The number of benzene rings is 2. The molecule has 6 rings (SSSR count). The number of aromatic nitrogens is 6. The second-order valence-electron chi connectivity index (χ2n) is 7.03. The van der Waals surface area contributed by atoms with E-state index in [1.54, 1.807) is 24.9 Å². The molecule has 0 fully saturated rings. The minimum Gasteiger partial charge on any atom is -0.252 e. The van der Waals surface area contributed by atoms with Crippen LogP contribution < -0.4 is 0 Å². The lowest BCUT2D eigenvalue weighted by molar-refractivity contribution is 1.22. The Labute approximate surface area is 171 Å². The minimum absolute atomic E-state index is 0.740. The maximum absolute atomic E-state index is 4.86. The van der Waals surface area contributed by atoms with Crippen molar-refractivity contribution in [1.29, 1.82) is 0 Å². The van der Waals surface area contributed by atoms with Crippen LogP contribution >= 0.6 is 0 Å². The number of hydrogen-bond donors (Lipinski definition) is 0. The van der Waals surface area contributed by atoms with E-state index >= 15 is 0 Å². The minimum atomic E-state index is 0.740. The first-order chi connectivity index (χ1) is 14.8. The molecule has 0 aliphatic carbocycles. The van der Waals surface area contributed by atoms with Crippen molar-refractivity contribution in [2.75, 3.05) is 0 Å². The number of hydrogen-bond acceptors (Lipinski definition) is 6. The fourth-order valence-electron chi connectivity index (χ4n) is 3.60. The van der Waals surface area contributed by atoms with Gasteiger partial charge in [0.1, 0.15) is 6.33 Å². The highest BCUT2D eigenvalue weighted by Gasteiger charge is 2.07. The highest BCUT2D eigenvalue weighted by atomic mass is 14.8. The summed E-state index contributed by atoms with van der Waals surface area (Å²) in [6.45, 7) is 0. The van der Waals surface area contributed by atoms with Crippen LogP contribution in [0.1, 0.15) is 0 Å². The summed E-state index contributed by atoms with van der Waals surface area (Å²) in [7, 11) is 0. The zero-order chi connectivity index (χ0) is 19.9. The van der Waals surface area contributed by atoms with Crippen molar-refractivity contribution in [3.05, 3.63) is 85.7 Å². The van der Waals surface area contributed by atoms with Crippen molar-refractivity contribution in [1.82, 2.24) is 29.9 Å². The monoisotopic (exact) mass is 386 g/mol. The van der Waals surface area contributed by atoms with Crippen LogP contribution in [0.25, 0.3) is 55.4 Å². The topological polar surface area (TPSA) is 77.3 Å². The first kappa shape index (κ1) is 16.6. The average Bonchev–Trinajstić information content (AvgIpc) is 2.82. The third-order valence-corrected chi connectivity index (χ3v) is 5.13. The van der Waals surface area contributed by atoms with Gasteiger partial charge in [-0.3, -0.25) is 4.98 Å². The molecule has 30 heavy (non-hydrogen) atoms. The predicted molar refractivity (Wildman–Crippen MR) is 117 cm³/mol. The van der Waals surface area contributed by atoms with Gasteiger partial charge in [0.05, 0.1) is 28.4 Å². The van der Waals surface area contributed by atoms with E-state index in [1.807, 2.05) is 48.7 Å². The largest absolute Gasteiger partial charge is 0.252 e. The van der Waals surface area contributed by atoms with Crippen LogP contribution in [-0.2, 0) is 0 Å². The molecule has 0 bridgehead atoms. The normalized spacial score (nSPS) is 11.3. The fourth-order valence-corrected chi connectivity index (χ4v) is 3.60. The van der Waals surface area contributed by atoms with Gasteiger partial charge in [-0.15, -0.1) is 0 Å². The molecule has 4 heterocycles. The summed E-state index contributed by atoms with van der Waals surface area (Å²) < 4.78 is 0. The Morgan fingerprint density at radius 1 is 0.567 bits per heavy atom. The molecular formula is C24H14N6. The standard InChI is InChI=1S/C24H14N6/c1-2-17-9-18(12-28-24(17)26-7-1)15-3-6-21-22(10-15)30-23(13-27-21)16-4-5-20-19(8-16)11-25-14-29-20/h1-14H. The Balaban J connectivity index is 1.46. The summed E-state index contributed by atoms with van der Waals surface area (Å²) in [6, 6.07) is 18.1. The second kappa shape index (κ2) is 6.63. The van der Waals surface area contributed by atoms with Crippen molar-refractivity contribution < 1.29 is 0 Å². The van der Waals surface area contributed by atoms with Crippen LogP contribution in [0.15, 0.2) is 85.7 Å². The molecule has 0 amide bonds. The summed E-state index contributed by atoms with van der Waals surface area (Å²) >= 11 is 0. The zero-order valence-electron chi connectivity index (χ0n) is 15.8. The Bertz CT molecular complexity index is 1450. The van der Waals surface area contributed by atoms with Crippen molar-refractivity contribution >= 4 is 33.0 Å². The van der Waals surface area contributed by atoms with Gasteiger partial charge in [0.25, 0.3) is 0 Å². The van der Waals surface area contributed by atoms with Gasteiger partial charge >= 0.3 is 0 Å². The van der Waals surface area contributed by atoms with Crippen molar-refractivity contribution in [3.8, 4) is 22.4 Å². The molecule has 0 unspecified atom stereocenters. The zero-order valence-corrected chi connectivity index (χ0v) is 15.8. The lowest BCUT2D eigenvalue weighted by Gasteiger charge is -2.07. The smallest absolute Gasteiger partial charge is 0.159 e. The lowest BCUT2D eigenvalue weighted by Crippen LogP contribution is -1.91. The van der Waals surface area contributed by atoms with Crippen LogP contribution in [0.3, 0.4) is 0 Å². The molecule has 4 aromatic heterocycles. The number of fused-ring (bicyclic) bond motifs is 3. The van der Waals surface area contributed by atoms with Crippen LogP contribution in [0.2, 0.25) is 0 Å². The van der Waals surface area contributed by atoms with E-state index in [1.165, 1.54) is 0 Å². The lowest BCUT2D eigenvalue weighted by atomic mass is 10.1. The van der Waals surface area contributed by atoms with E-state index in [9.17, 15) is 0 Å². The van der Waals surface area contributed by atoms with Crippen LogP contribution in [-0.4, -0.2) is 29.9 Å². The summed E-state index contributed by atoms with van der Waals surface area (Å²) in [5.41, 5.74) is 7.18. The van der Waals surface area contributed by atoms with E-state index in [0.717, 1.165) is 55.4 Å². The average molecular weight is 386 g/mol. The van der Waals surface area contributed by atoms with Gasteiger partial charge in [0.2, 0.25) is 0 Å². The quantitative estimate of drug-likeness (QED) is 0.423. The van der Waals surface area contributed by atoms with Gasteiger partial charge in [-0.25, -0.2) is 24.9 Å². The molecule has 6 aromatic rings. The molecule has 0 radical (unpaired) electrons. The van der Waals surface area contributed by atoms with Gasteiger partial charge in [-0.2, -0.15) is 0 Å². The fraction of sp³-hybridized carbons (Fsp3) is 0. The third kappa shape index (κ3) is 2.82. The predicted octanol–water partition coefficient (Wildman–Crippen LogP) is 4.85. The molecular weight excluding hydrogens is 372 g/mol. The highest BCUT2D eigenvalue weighted by Crippen LogP contribution is 2.27. The van der Waals surface area contributed by atoms with Gasteiger partial charge in [-0.05, 0) is 48.0 Å². The first-order valence-corrected chi connectivity index (χ1v) is 9.52. The van der Waals surface area contributed by atoms with E-state index < -0.39 is 0 Å². The van der Waals surface area contributed by atoms with Gasteiger partial charge < -0.3 is 0 Å². The van der Waals surface area contributed by atoms with E-state index in [2.05, 4.69) is 37.1 Å². The summed E-state index contributed by atoms with van der Waals surface area (Å²) in [5, 5.41) is 1.98. The van der Waals surface area contributed by atoms with E-state index in [0.29, 0.717) is 0 Å². The van der Waals surface area contributed by atoms with Crippen molar-refractivity contribution in [3.63, 3.8) is 0 Å². The summed E-state index contributed by atoms with van der Waals surface area (Å²) in [6.07, 6.45) is 8.76. The Hall–Kier alpha value is -4.32. The van der Waals surface area contributed by atoms with Crippen LogP contribution in [0, 0.1) is 0 Å². The molecule has 6 nitrogen and oxygen atoms in total. The van der Waals surface area contributed by atoms with Crippen LogP contribution in [0.5, 0.6) is 0 Å². The molecule has 0 spiro atoms. The molecule has 0 aliphatic rings.